The van der Waals surface area contributed by atoms with Crippen molar-refractivity contribution in [2.24, 2.45) is 0 Å². The first-order valence-electron chi connectivity index (χ1n) is 12.5. The molecule has 0 bridgehead atoms. The Morgan fingerprint density at radius 3 is 2.88 bits per heavy atom. The van der Waals surface area contributed by atoms with Gasteiger partial charge in [-0.25, -0.2) is 0 Å². The lowest BCUT2D eigenvalue weighted by Gasteiger charge is -2.41. The Balaban J connectivity index is 1.26. The lowest BCUT2D eigenvalue weighted by Crippen LogP contribution is -2.56. The molecule has 1 aliphatic carbocycles. The number of amides is 2. The highest BCUT2D eigenvalue weighted by atomic mass is 16.5. The lowest BCUT2D eigenvalue weighted by atomic mass is 9.88. The summed E-state index contributed by atoms with van der Waals surface area (Å²) in [7, 11) is 1.66. The van der Waals surface area contributed by atoms with Gasteiger partial charge in [0.25, 0.3) is 0 Å². The average Bonchev–Trinajstić information content (AvgIpc) is 3.05. The predicted molar refractivity (Wildman–Crippen MR) is 134 cm³/mol. The summed E-state index contributed by atoms with van der Waals surface area (Å²) < 4.78 is 5.43. The number of pyridine rings is 1. The van der Waals surface area contributed by atoms with Crippen LogP contribution in [0, 0.1) is 0 Å². The van der Waals surface area contributed by atoms with Crippen molar-refractivity contribution in [1.29, 1.82) is 0 Å². The molecule has 2 aromatic rings. The van der Waals surface area contributed by atoms with E-state index in [2.05, 4.69) is 27.9 Å². The summed E-state index contributed by atoms with van der Waals surface area (Å²) in [4.78, 5) is 31.7. The van der Waals surface area contributed by atoms with Crippen LogP contribution in [-0.2, 0) is 9.59 Å². The van der Waals surface area contributed by atoms with Gasteiger partial charge in [-0.3, -0.25) is 19.9 Å². The summed E-state index contributed by atoms with van der Waals surface area (Å²) in [6.07, 6.45) is 8.74. The Bertz CT molecular complexity index is 1020. The van der Waals surface area contributed by atoms with Gasteiger partial charge < -0.3 is 20.3 Å². The number of nitrogens with zero attached hydrogens (tertiary/aromatic N) is 2. The van der Waals surface area contributed by atoms with Gasteiger partial charge in [-0.15, -0.1) is 0 Å². The molecule has 1 aromatic carbocycles. The molecule has 2 atom stereocenters. The second kappa shape index (κ2) is 10.6. The van der Waals surface area contributed by atoms with E-state index in [1.54, 1.807) is 18.2 Å². The number of anilines is 1. The number of carbonyl (C=O) groups is 2. The second-order valence-electron chi connectivity index (χ2n) is 9.67. The third-order valence-corrected chi connectivity index (χ3v) is 7.07. The van der Waals surface area contributed by atoms with Crippen LogP contribution in [0.1, 0.15) is 58.8 Å². The molecule has 8 heteroatoms. The maximum Gasteiger partial charge on any atom is 0.241 e. The van der Waals surface area contributed by atoms with Gasteiger partial charge in [-0.2, -0.15) is 0 Å². The number of methoxy groups -OCH3 is 1. The largest absolute Gasteiger partial charge is 0.497 e. The Labute approximate surface area is 201 Å². The van der Waals surface area contributed by atoms with Crippen LogP contribution in [-0.4, -0.2) is 59.6 Å². The average molecular weight is 468 g/mol. The zero-order valence-electron chi connectivity index (χ0n) is 20.5. The van der Waals surface area contributed by atoms with Crippen molar-refractivity contribution in [3.63, 3.8) is 0 Å². The molecule has 1 unspecified atom stereocenters. The maximum atomic E-state index is 12.7. The quantitative estimate of drug-likeness (QED) is 0.489. The number of benzene rings is 1. The molecule has 1 aliphatic heterocycles. The predicted octanol–water partition coefficient (Wildman–Crippen LogP) is 3.42. The standard InChI is InChI=1S/C26H37N5O3/c1-18(29-22-16-21(34-3)15-20-10-8-14-28-24(20)22)9-7-13-27-23(32)17-31-25(33)19(2)30-26(31)11-5-4-6-12-26/h8,10,14-16,18-19,29-30H,4-7,9,11-13,17H2,1-3H3,(H,27,32)/t18?,19-/m0/s1. The van der Waals surface area contributed by atoms with E-state index < -0.39 is 0 Å². The lowest BCUT2D eigenvalue weighted by molar-refractivity contribution is -0.138. The molecule has 1 aromatic heterocycles. The number of hydrogen-bond donors (Lipinski definition) is 3. The molecule has 0 radical (unpaired) electrons. The number of nitrogens with one attached hydrogen (secondary N) is 3. The van der Waals surface area contributed by atoms with Crippen LogP contribution in [0.25, 0.3) is 10.9 Å². The summed E-state index contributed by atoms with van der Waals surface area (Å²) >= 11 is 0. The normalized spacial score (nSPS) is 20.5. The van der Waals surface area contributed by atoms with Gasteiger partial charge in [0.05, 0.1) is 30.0 Å². The number of rotatable bonds is 9. The van der Waals surface area contributed by atoms with E-state index in [1.807, 2.05) is 31.2 Å². The molecule has 2 amide bonds. The van der Waals surface area contributed by atoms with Crippen LogP contribution in [0.4, 0.5) is 5.69 Å². The van der Waals surface area contributed by atoms with Crippen molar-refractivity contribution in [3.05, 3.63) is 30.5 Å². The molecule has 3 N–H and O–H groups in total. The topological polar surface area (TPSA) is 95.6 Å². The fourth-order valence-electron chi connectivity index (χ4n) is 5.33. The van der Waals surface area contributed by atoms with Crippen molar-refractivity contribution < 1.29 is 14.3 Å². The molecule has 184 valence electrons. The van der Waals surface area contributed by atoms with Crippen molar-refractivity contribution in [2.45, 2.75) is 76.5 Å². The zero-order chi connectivity index (χ0) is 24.1. The third-order valence-electron chi connectivity index (χ3n) is 7.07. The highest BCUT2D eigenvalue weighted by Gasteiger charge is 2.49. The van der Waals surface area contributed by atoms with Gasteiger partial charge in [-0.05, 0) is 64.5 Å². The van der Waals surface area contributed by atoms with Gasteiger partial charge in [0.1, 0.15) is 12.3 Å². The zero-order valence-corrected chi connectivity index (χ0v) is 20.5. The van der Waals surface area contributed by atoms with Crippen LogP contribution in [0.15, 0.2) is 30.5 Å². The smallest absolute Gasteiger partial charge is 0.241 e. The van der Waals surface area contributed by atoms with E-state index in [9.17, 15) is 9.59 Å². The van der Waals surface area contributed by atoms with E-state index >= 15 is 0 Å². The van der Waals surface area contributed by atoms with Crippen LogP contribution in [0.2, 0.25) is 0 Å². The van der Waals surface area contributed by atoms with E-state index in [0.717, 1.165) is 60.9 Å². The minimum atomic E-state index is -0.335. The third kappa shape index (κ3) is 5.27. The van der Waals surface area contributed by atoms with Gasteiger partial charge >= 0.3 is 0 Å². The monoisotopic (exact) mass is 467 g/mol. The molecule has 8 nitrogen and oxygen atoms in total. The fraction of sp³-hybridized carbons (Fsp3) is 0.577. The molecule has 2 fully saturated rings. The summed E-state index contributed by atoms with van der Waals surface area (Å²) in [5, 5.41) is 11.1. The molecule has 34 heavy (non-hydrogen) atoms. The first-order chi connectivity index (χ1) is 16.4. The van der Waals surface area contributed by atoms with E-state index in [4.69, 9.17) is 4.74 Å². The SMILES string of the molecule is COc1cc(NC(C)CCCNC(=O)CN2C(=O)[C@H](C)NC23CCCCC3)c2ncccc2c1. The van der Waals surface area contributed by atoms with Crippen molar-refractivity contribution in [2.75, 3.05) is 25.5 Å². The maximum absolute atomic E-state index is 12.7. The van der Waals surface area contributed by atoms with Crippen molar-refractivity contribution in [3.8, 4) is 5.75 Å². The minimum Gasteiger partial charge on any atom is -0.497 e. The highest BCUT2D eigenvalue weighted by molar-refractivity contribution is 5.92. The molecule has 1 saturated carbocycles. The number of aromatic nitrogens is 1. The van der Waals surface area contributed by atoms with E-state index in [-0.39, 0.29) is 36.1 Å². The molecule has 1 saturated heterocycles. The molecule has 2 heterocycles. The van der Waals surface area contributed by atoms with Crippen LogP contribution in [0.3, 0.4) is 0 Å². The first kappa shape index (κ1) is 24.3. The number of fused-ring (bicyclic) bond motifs is 1. The molecular formula is C26H37N5O3. The van der Waals surface area contributed by atoms with Crippen molar-refractivity contribution >= 4 is 28.4 Å². The van der Waals surface area contributed by atoms with Gasteiger partial charge in [0, 0.05) is 30.2 Å². The summed E-state index contributed by atoms with van der Waals surface area (Å²) in [6.45, 7) is 4.73. The van der Waals surface area contributed by atoms with Crippen LogP contribution < -0.4 is 20.7 Å². The number of carbonyl (C=O) groups excluding carboxylic acids is 2. The highest BCUT2D eigenvalue weighted by Crippen LogP contribution is 2.36. The Morgan fingerprint density at radius 1 is 1.32 bits per heavy atom. The van der Waals surface area contributed by atoms with Gasteiger partial charge in [0.2, 0.25) is 11.8 Å². The number of hydrogen-bond acceptors (Lipinski definition) is 6. The van der Waals surface area contributed by atoms with Crippen LogP contribution in [0.5, 0.6) is 5.75 Å². The molecule has 2 aliphatic rings. The van der Waals surface area contributed by atoms with E-state index in [1.165, 1.54) is 6.42 Å². The summed E-state index contributed by atoms with van der Waals surface area (Å²) in [5.74, 6) is 0.741. The Hall–Kier alpha value is -2.87. The summed E-state index contributed by atoms with van der Waals surface area (Å²) in [5.41, 5.74) is 1.52. The van der Waals surface area contributed by atoms with Gasteiger partial charge in [0.15, 0.2) is 0 Å². The fourth-order valence-corrected chi connectivity index (χ4v) is 5.33. The van der Waals surface area contributed by atoms with Crippen molar-refractivity contribution in [1.82, 2.24) is 20.5 Å². The molecular weight excluding hydrogens is 430 g/mol. The Morgan fingerprint density at radius 2 is 2.12 bits per heavy atom. The Kier molecular flexibility index (Phi) is 7.56. The van der Waals surface area contributed by atoms with E-state index in [0.29, 0.717) is 6.54 Å². The second-order valence-corrected chi connectivity index (χ2v) is 9.67. The summed E-state index contributed by atoms with van der Waals surface area (Å²) in [6, 6.07) is 7.86. The number of ether oxygens (including phenoxy) is 1. The van der Waals surface area contributed by atoms with Gasteiger partial charge in [-0.1, -0.05) is 12.5 Å². The molecule has 1 spiro atoms. The first-order valence-corrected chi connectivity index (χ1v) is 12.5. The molecule has 4 rings (SSSR count). The minimum absolute atomic E-state index is 0.0361. The van der Waals surface area contributed by atoms with Crippen LogP contribution >= 0.6 is 0 Å².